The summed E-state index contributed by atoms with van der Waals surface area (Å²) in [5.41, 5.74) is 0.729. The first-order chi connectivity index (χ1) is 25.2. The quantitative estimate of drug-likeness (QED) is 0.281. The van der Waals surface area contributed by atoms with Crippen LogP contribution < -0.4 is 15.4 Å². The molecule has 0 unspecified atom stereocenters. The molecule has 5 atom stereocenters. The minimum absolute atomic E-state index is 0.166. The zero-order valence-corrected chi connectivity index (χ0v) is 32.3. The molecule has 53 heavy (non-hydrogen) atoms. The summed E-state index contributed by atoms with van der Waals surface area (Å²) >= 11 is 1.65. The van der Waals surface area contributed by atoms with Crippen molar-refractivity contribution in [3.63, 3.8) is 0 Å². The van der Waals surface area contributed by atoms with Gasteiger partial charge in [0.2, 0.25) is 21.8 Å². The molecular weight excluding hydrogens is 713 g/mol. The summed E-state index contributed by atoms with van der Waals surface area (Å²) in [6.07, 6.45) is 9.06. The number of allylic oxidation sites excluding steroid dienone is 1. The van der Waals surface area contributed by atoms with Gasteiger partial charge in [0.15, 0.2) is 0 Å². The maximum absolute atomic E-state index is 14.7. The average Bonchev–Trinajstić information content (AvgIpc) is 4.05. The highest BCUT2D eigenvalue weighted by Crippen LogP contribution is 2.50. The van der Waals surface area contributed by atoms with E-state index in [0.717, 1.165) is 29.5 Å². The second-order valence-electron chi connectivity index (χ2n) is 15.6. The van der Waals surface area contributed by atoms with Gasteiger partial charge in [-0.25, -0.2) is 13.2 Å². The van der Waals surface area contributed by atoms with Crippen LogP contribution in [0.15, 0.2) is 79.4 Å². The van der Waals surface area contributed by atoms with E-state index in [0.29, 0.717) is 31.4 Å². The second-order valence-corrected chi connectivity index (χ2v) is 18.9. The standard InChI is InChI=1S/C40H50N4O7S2/c1-5-29-24-40(29,36(47)43-53(49,50)31-21-22-31)42-34(45)33-25-39(30-19-17-28(18-20-30)27-14-10-9-11-15-27)26-44(33)35(46)32(41-37(48)51-38(2,3)4)16-12-7-6-8-13-23-52-39/h5,8-11,13-15,17-20,29,31-33H,1,6-7,12,16,21-26H2,2-4H3,(H,41,48)(H,42,45)(H,43,47)/b13-8+/t29-,32+,33+,39-,40-/m1/s1. The van der Waals surface area contributed by atoms with Gasteiger partial charge < -0.3 is 20.3 Å². The lowest BCUT2D eigenvalue weighted by Crippen LogP contribution is -2.58. The van der Waals surface area contributed by atoms with E-state index in [2.05, 4.69) is 34.1 Å². The molecule has 6 rings (SSSR count). The fourth-order valence-corrected chi connectivity index (χ4v) is 9.99. The molecule has 1 saturated heterocycles. The normalized spacial score (nSPS) is 28.3. The van der Waals surface area contributed by atoms with Crippen LogP contribution in [-0.2, 0) is 33.9 Å². The Morgan fingerprint density at radius 2 is 1.66 bits per heavy atom. The van der Waals surface area contributed by atoms with Gasteiger partial charge in [0.05, 0.1) is 10.00 Å². The summed E-state index contributed by atoms with van der Waals surface area (Å²) in [4.78, 5) is 57.5. The highest BCUT2D eigenvalue weighted by molar-refractivity contribution is 8.00. The van der Waals surface area contributed by atoms with Crippen LogP contribution in [0.1, 0.15) is 77.7 Å². The van der Waals surface area contributed by atoms with Crippen molar-refractivity contribution < 1.29 is 32.3 Å². The molecule has 13 heteroatoms. The highest BCUT2D eigenvalue weighted by atomic mass is 32.2. The first-order valence-electron chi connectivity index (χ1n) is 18.4. The number of fused-ring (bicyclic) bond motifs is 2. The van der Waals surface area contributed by atoms with E-state index >= 15 is 0 Å². The Labute approximate surface area is 316 Å². The number of thioether (sulfide) groups is 1. The number of hydrogen-bond donors (Lipinski definition) is 3. The Balaban J connectivity index is 1.36. The third kappa shape index (κ3) is 8.83. The zero-order valence-electron chi connectivity index (χ0n) is 30.6. The largest absolute Gasteiger partial charge is 0.444 e. The number of ether oxygens (including phenoxy) is 1. The molecule has 4 aliphatic rings. The zero-order chi connectivity index (χ0) is 38.0. The van der Waals surface area contributed by atoms with E-state index in [9.17, 15) is 27.6 Å². The molecule has 3 N–H and O–H groups in total. The lowest BCUT2D eigenvalue weighted by Gasteiger charge is -2.31. The number of rotatable bonds is 9. The molecule has 3 fully saturated rings. The fraction of sp³-hybridized carbons (Fsp3) is 0.500. The van der Waals surface area contributed by atoms with E-state index in [1.54, 1.807) is 38.6 Å². The van der Waals surface area contributed by atoms with Crippen LogP contribution in [-0.4, -0.2) is 77.9 Å². The van der Waals surface area contributed by atoms with Gasteiger partial charge in [0, 0.05) is 18.2 Å². The van der Waals surface area contributed by atoms with Crippen molar-refractivity contribution >= 4 is 45.6 Å². The summed E-state index contributed by atoms with van der Waals surface area (Å²) < 4.78 is 32.6. The number of amides is 4. The van der Waals surface area contributed by atoms with Crippen LogP contribution in [0.4, 0.5) is 4.79 Å². The Bertz CT molecular complexity index is 1860. The third-order valence-corrected chi connectivity index (χ3v) is 13.7. The van der Waals surface area contributed by atoms with E-state index in [4.69, 9.17) is 4.74 Å². The van der Waals surface area contributed by atoms with Crippen LogP contribution in [0.3, 0.4) is 0 Å². The molecule has 2 aliphatic carbocycles. The molecular formula is C40H50N4O7S2. The Kier molecular flexibility index (Phi) is 11.2. The van der Waals surface area contributed by atoms with Gasteiger partial charge in [0.25, 0.3) is 5.91 Å². The fourth-order valence-electron chi connectivity index (χ4n) is 7.26. The lowest BCUT2D eigenvalue weighted by molar-refractivity contribution is -0.141. The number of benzene rings is 2. The van der Waals surface area contributed by atoms with E-state index < -0.39 is 73.0 Å². The van der Waals surface area contributed by atoms with E-state index in [1.165, 1.54) is 4.90 Å². The molecule has 0 aromatic heterocycles. The molecule has 11 nitrogen and oxygen atoms in total. The maximum atomic E-state index is 14.7. The van der Waals surface area contributed by atoms with Crippen molar-refractivity contribution in [1.82, 2.24) is 20.3 Å². The maximum Gasteiger partial charge on any atom is 0.408 e. The summed E-state index contributed by atoms with van der Waals surface area (Å²) in [5.74, 6) is -1.63. The topological polar surface area (TPSA) is 151 Å². The van der Waals surface area contributed by atoms with Crippen molar-refractivity contribution in [2.75, 3.05) is 12.3 Å². The van der Waals surface area contributed by atoms with Crippen molar-refractivity contribution in [3.8, 4) is 11.1 Å². The average molecular weight is 763 g/mol. The molecule has 2 aromatic rings. The second kappa shape index (κ2) is 15.3. The third-order valence-electron chi connectivity index (χ3n) is 10.4. The first-order valence-corrected chi connectivity index (χ1v) is 21.0. The van der Waals surface area contributed by atoms with Crippen molar-refractivity contribution in [2.24, 2.45) is 5.92 Å². The molecule has 0 radical (unpaired) electrons. The van der Waals surface area contributed by atoms with Gasteiger partial charge >= 0.3 is 6.09 Å². The van der Waals surface area contributed by atoms with Gasteiger partial charge in [0.1, 0.15) is 23.2 Å². The van der Waals surface area contributed by atoms with Gasteiger partial charge in [-0.15, -0.1) is 18.3 Å². The van der Waals surface area contributed by atoms with Crippen LogP contribution in [0.5, 0.6) is 0 Å². The summed E-state index contributed by atoms with van der Waals surface area (Å²) in [5, 5.41) is 5.08. The Morgan fingerprint density at radius 1 is 0.962 bits per heavy atom. The lowest BCUT2D eigenvalue weighted by atomic mass is 9.93. The number of alkyl carbamates (subject to hydrolysis) is 1. The van der Waals surface area contributed by atoms with E-state index in [-0.39, 0.29) is 19.4 Å². The van der Waals surface area contributed by atoms with E-state index in [1.807, 2.05) is 54.6 Å². The number of nitrogens with one attached hydrogen (secondary N) is 3. The predicted octanol–water partition coefficient (Wildman–Crippen LogP) is 5.58. The molecule has 2 saturated carbocycles. The predicted molar refractivity (Wildman–Crippen MR) is 206 cm³/mol. The molecule has 2 bridgehead atoms. The van der Waals surface area contributed by atoms with Crippen LogP contribution in [0.2, 0.25) is 0 Å². The number of nitrogens with zero attached hydrogens (tertiary/aromatic N) is 1. The molecule has 0 spiro atoms. The molecule has 2 aliphatic heterocycles. The van der Waals surface area contributed by atoms with Gasteiger partial charge in [-0.2, -0.15) is 0 Å². The van der Waals surface area contributed by atoms with Crippen molar-refractivity contribution in [1.29, 1.82) is 0 Å². The Hall–Kier alpha value is -4.10. The minimum Gasteiger partial charge on any atom is -0.444 e. The summed E-state index contributed by atoms with van der Waals surface area (Å²) in [6, 6.07) is 16.2. The first kappa shape index (κ1) is 38.6. The van der Waals surface area contributed by atoms with Gasteiger partial charge in [-0.05, 0) is 82.4 Å². The van der Waals surface area contributed by atoms with Crippen LogP contribution in [0.25, 0.3) is 11.1 Å². The SMILES string of the molecule is C=C[C@@H]1C[C@]1(NC(=O)[C@@H]1C[C@]2(c3ccc(-c4ccccc4)cc3)CN1C(=O)[C@@H](NC(=O)OC(C)(C)C)CCCC/C=C/CS2)C(=O)NS(=O)(=O)C1CC1. The minimum atomic E-state index is -3.88. The number of carbonyl (C=O) groups is 4. The molecule has 284 valence electrons. The van der Waals surface area contributed by atoms with Crippen molar-refractivity contribution in [2.45, 2.75) is 105 Å². The van der Waals surface area contributed by atoms with Crippen LogP contribution >= 0.6 is 11.8 Å². The molecule has 2 heterocycles. The highest BCUT2D eigenvalue weighted by Gasteiger charge is 2.62. The Morgan fingerprint density at radius 3 is 2.30 bits per heavy atom. The monoisotopic (exact) mass is 762 g/mol. The van der Waals surface area contributed by atoms with Gasteiger partial charge in [-0.3, -0.25) is 19.1 Å². The number of sulfonamides is 1. The number of hydrogen-bond acceptors (Lipinski definition) is 8. The smallest absolute Gasteiger partial charge is 0.408 e. The summed E-state index contributed by atoms with van der Waals surface area (Å²) in [6.45, 7) is 9.23. The number of carbonyl (C=O) groups excluding carboxylic acids is 4. The van der Waals surface area contributed by atoms with Crippen LogP contribution in [0, 0.1) is 5.92 Å². The van der Waals surface area contributed by atoms with Crippen molar-refractivity contribution in [3.05, 3.63) is 85.0 Å². The molecule has 4 amide bonds. The summed E-state index contributed by atoms with van der Waals surface area (Å²) in [7, 11) is -3.88. The molecule has 2 aromatic carbocycles. The van der Waals surface area contributed by atoms with Gasteiger partial charge in [-0.1, -0.05) is 79.2 Å².